The molecule has 2 heterocycles. The zero-order valence-corrected chi connectivity index (χ0v) is 19.3. The number of benzene rings is 2. The zero-order chi connectivity index (χ0) is 22.5. The zero-order valence-electron chi connectivity index (χ0n) is 17.7. The maximum Gasteiger partial charge on any atom is 0.290 e. The summed E-state index contributed by atoms with van der Waals surface area (Å²) in [5, 5.41) is 5.11. The molecule has 0 atom stereocenters. The number of hydrazine groups is 1. The number of hydrogen-bond donors (Lipinski definition) is 2. The van der Waals surface area contributed by atoms with Gasteiger partial charge >= 0.3 is 0 Å². The summed E-state index contributed by atoms with van der Waals surface area (Å²) in [5.74, 6) is 1.31. The summed E-state index contributed by atoms with van der Waals surface area (Å²) in [6, 6.07) is 14.3. The predicted molar refractivity (Wildman–Crippen MR) is 130 cm³/mol. The Kier molecular flexibility index (Phi) is 7.16. The molecular formula is C23H24N4O3S2. The van der Waals surface area contributed by atoms with E-state index in [1.807, 2.05) is 42.6 Å². The number of hydrogen-bond acceptors (Lipinski definition) is 6. The number of carbonyl (C=O) groups excluding carboxylic acids is 2. The number of rotatable bonds is 5. The second-order valence-corrected chi connectivity index (χ2v) is 10.1. The van der Waals surface area contributed by atoms with Crippen LogP contribution in [-0.4, -0.2) is 33.1 Å². The number of aryl methyl sites for hydroxylation is 1. The van der Waals surface area contributed by atoms with Gasteiger partial charge in [0.25, 0.3) is 17.4 Å². The molecule has 0 radical (unpaired) electrons. The molecule has 166 valence electrons. The third-order valence-electron chi connectivity index (χ3n) is 5.08. The van der Waals surface area contributed by atoms with Crippen molar-refractivity contribution < 1.29 is 9.59 Å². The lowest BCUT2D eigenvalue weighted by molar-refractivity contribution is 0.0843. The molecule has 0 bridgehead atoms. The highest BCUT2D eigenvalue weighted by Crippen LogP contribution is 2.43. The third kappa shape index (κ3) is 4.83. The Labute approximate surface area is 194 Å². The fraction of sp³-hybridized carbons (Fsp3) is 0.304. The van der Waals surface area contributed by atoms with Gasteiger partial charge in [-0.25, -0.2) is 4.68 Å². The first-order valence-electron chi connectivity index (χ1n) is 10.5. The Morgan fingerprint density at radius 3 is 2.34 bits per heavy atom. The van der Waals surface area contributed by atoms with Crippen LogP contribution in [-0.2, 0) is 6.54 Å². The maximum absolute atomic E-state index is 12.8. The van der Waals surface area contributed by atoms with Gasteiger partial charge in [0.15, 0.2) is 5.69 Å². The van der Waals surface area contributed by atoms with Crippen molar-refractivity contribution in [1.82, 2.24) is 20.6 Å². The molecule has 1 fully saturated rings. The van der Waals surface area contributed by atoms with E-state index < -0.39 is 11.8 Å². The minimum atomic E-state index is -0.578. The van der Waals surface area contributed by atoms with Crippen LogP contribution in [0.4, 0.5) is 0 Å². The third-order valence-corrected chi connectivity index (χ3v) is 8.10. The normalized spacial score (nSPS) is 14.3. The van der Waals surface area contributed by atoms with Crippen LogP contribution >= 0.6 is 23.5 Å². The standard InChI is InChI=1S/C23H24N4O3S2/c1-2-12-27-22(30)18-7-4-3-6-17(18)19(26-27)21(29)25-24-20(28)15-8-10-16(11-9-15)23-31-13-5-14-32-23/h3-4,6-11,23H,2,5,12-14H2,1H3,(H,24,28)(H,25,29). The van der Waals surface area contributed by atoms with E-state index in [-0.39, 0.29) is 11.3 Å². The van der Waals surface area contributed by atoms with Gasteiger partial charge in [-0.1, -0.05) is 37.3 Å². The van der Waals surface area contributed by atoms with Gasteiger partial charge in [-0.15, -0.1) is 23.5 Å². The molecule has 3 aromatic rings. The topological polar surface area (TPSA) is 93.1 Å². The van der Waals surface area contributed by atoms with Crippen molar-refractivity contribution in [1.29, 1.82) is 0 Å². The Balaban J connectivity index is 1.47. The summed E-state index contributed by atoms with van der Waals surface area (Å²) in [6.07, 6.45) is 1.93. The van der Waals surface area contributed by atoms with Crippen LogP contribution in [0.5, 0.6) is 0 Å². The molecule has 32 heavy (non-hydrogen) atoms. The Morgan fingerprint density at radius 1 is 1.00 bits per heavy atom. The van der Waals surface area contributed by atoms with Gasteiger partial charge in [0.1, 0.15) is 0 Å². The van der Waals surface area contributed by atoms with Gasteiger partial charge in [0.05, 0.1) is 9.97 Å². The fourth-order valence-electron chi connectivity index (χ4n) is 3.48. The average molecular weight is 469 g/mol. The van der Waals surface area contributed by atoms with E-state index in [0.717, 1.165) is 11.5 Å². The van der Waals surface area contributed by atoms with Gasteiger partial charge < -0.3 is 0 Å². The molecule has 0 aliphatic carbocycles. The number of nitrogens with zero attached hydrogens (tertiary/aromatic N) is 2. The number of carbonyl (C=O) groups is 2. The summed E-state index contributed by atoms with van der Waals surface area (Å²) >= 11 is 3.85. The fourth-order valence-corrected chi connectivity index (χ4v) is 6.38. The lowest BCUT2D eigenvalue weighted by Gasteiger charge is -2.21. The lowest BCUT2D eigenvalue weighted by Crippen LogP contribution is -2.42. The first-order chi connectivity index (χ1) is 15.6. The number of amides is 2. The molecule has 2 aromatic carbocycles. The van der Waals surface area contributed by atoms with Crippen LogP contribution in [0.25, 0.3) is 10.8 Å². The van der Waals surface area contributed by atoms with E-state index in [4.69, 9.17) is 0 Å². The molecule has 2 amide bonds. The van der Waals surface area contributed by atoms with Crippen molar-refractivity contribution in [2.75, 3.05) is 11.5 Å². The Hall–Kier alpha value is -2.78. The molecule has 1 aromatic heterocycles. The number of thioether (sulfide) groups is 2. The van der Waals surface area contributed by atoms with Gasteiger partial charge in [-0.3, -0.25) is 25.2 Å². The smallest absolute Gasteiger partial charge is 0.267 e. The quantitative estimate of drug-likeness (QED) is 0.554. The van der Waals surface area contributed by atoms with Crippen LogP contribution in [0.3, 0.4) is 0 Å². The van der Waals surface area contributed by atoms with E-state index in [2.05, 4.69) is 16.0 Å². The molecule has 1 saturated heterocycles. The summed E-state index contributed by atoms with van der Waals surface area (Å²) in [6.45, 7) is 2.33. The molecule has 0 saturated carbocycles. The highest BCUT2D eigenvalue weighted by Gasteiger charge is 2.19. The summed E-state index contributed by atoms with van der Waals surface area (Å²) < 4.78 is 1.69. The van der Waals surface area contributed by atoms with Crippen molar-refractivity contribution >= 4 is 46.1 Å². The summed E-state index contributed by atoms with van der Waals surface area (Å²) in [5.41, 5.74) is 6.38. The van der Waals surface area contributed by atoms with Crippen LogP contribution in [0.2, 0.25) is 0 Å². The van der Waals surface area contributed by atoms with E-state index in [1.54, 1.807) is 36.4 Å². The second-order valence-electron chi connectivity index (χ2n) is 7.38. The molecule has 0 unspecified atom stereocenters. The summed E-state index contributed by atoms with van der Waals surface area (Å²) in [4.78, 5) is 37.9. The molecular weight excluding hydrogens is 444 g/mol. The van der Waals surface area contributed by atoms with Gasteiger partial charge in [-0.05, 0) is 48.1 Å². The highest BCUT2D eigenvalue weighted by atomic mass is 32.2. The number of fused-ring (bicyclic) bond motifs is 1. The SMILES string of the molecule is CCCn1nc(C(=O)NNC(=O)c2ccc(C3SCCCS3)cc2)c2ccccc2c1=O. The van der Waals surface area contributed by atoms with Crippen molar-refractivity contribution in [2.45, 2.75) is 30.9 Å². The predicted octanol–water partition coefficient (Wildman–Crippen LogP) is 3.75. The van der Waals surface area contributed by atoms with Crippen molar-refractivity contribution in [3.63, 3.8) is 0 Å². The van der Waals surface area contributed by atoms with Crippen LogP contribution in [0.15, 0.2) is 53.3 Å². The first-order valence-corrected chi connectivity index (χ1v) is 12.6. The molecule has 7 nitrogen and oxygen atoms in total. The first kappa shape index (κ1) is 22.4. The van der Waals surface area contributed by atoms with Crippen LogP contribution in [0, 0.1) is 0 Å². The molecule has 2 N–H and O–H groups in total. The van der Waals surface area contributed by atoms with Gasteiger partial charge in [-0.2, -0.15) is 5.10 Å². The largest absolute Gasteiger partial charge is 0.290 e. The van der Waals surface area contributed by atoms with E-state index in [1.165, 1.54) is 16.7 Å². The van der Waals surface area contributed by atoms with Crippen LogP contribution in [0.1, 0.15) is 50.8 Å². The summed E-state index contributed by atoms with van der Waals surface area (Å²) in [7, 11) is 0. The molecule has 9 heteroatoms. The molecule has 4 rings (SSSR count). The molecule has 0 spiro atoms. The van der Waals surface area contributed by atoms with Crippen LogP contribution < -0.4 is 16.4 Å². The van der Waals surface area contributed by atoms with Crippen molar-refractivity contribution in [3.05, 3.63) is 75.7 Å². The highest BCUT2D eigenvalue weighted by molar-refractivity contribution is 8.16. The minimum Gasteiger partial charge on any atom is -0.267 e. The van der Waals surface area contributed by atoms with E-state index in [0.29, 0.717) is 33.9 Å². The van der Waals surface area contributed by atoms with E-state index in [9.17, 15) is 14.4 Å². The number of nitrogens with one attached hydrogen (secondary N) is 2. The second kappa shape index (κ2) is 10.2. The number of aromatic nitrogens is 2. The molecule has 1 aliphatic rings. The van der Waals surface area contributed by atoms with Gasteiger partial charge in [0.2, 0.25) is 0 Å². The Bertz CT molecular complexity index is 1190. The lowest BCUT2D eigenvalue weighted by atomic mass is 10.1. The molecule has 1 aliphatic heterocycles. The van der Waals surface area contributed by atoms with Crippen molar-refractivity contribution in [3.8, 4) is 0 Å². The van der Waals surface area contributed by atoms with Gasteiger partial charge in [0, 0.05) is 17.5 Å². The Morgan fingerprint density at radius 2 is 1.66 bits per heavy atom. The minimum absolute atomic E-state index is 0.0932. The average Bonchev–Trinajstić information content (AvgIpc) is 2.85. The monoisotopic (exact) mass is 468 g/mol. The van der Waals surface area contributed by atoms with Crippen molar-refractivity contribution in [2.24, 2.45) is 0 Å². The maximum atomic E-state index is 12.8. The van der Waals surface area contributed by atoms with E-state index >= 15 is 0 Å².